The predicted molar refractivity (Wildman–Crippen MR) is 112 cm³/mol. The molecule has 1 saturated heterocycles. The quantitative estimate of drug-likeness (QED) is 0.720. The fraction of sp³-hybridized carbons (Fsp3) is 0.364. The summed E-state index contributed by atoms with van der Waals surface area (Å²) < 4.78 is 0. The number of anilines is 2. The van der Waals surface area contributed by atoms with Crippen molar-refractivity contribution in [1.29, 1.82) is 0 Å². The Morgan fingerprint density at radius 1 is 1.07 bits per heavy atom. The molecule has 0 saturated carbocycles. The molecule has 0 aliphatic carbocycles. The molecule has 1 atom stereocenters. The van der Waals surface area contributed by atoms with Crippen LogP contribution in [0.15, 0.2) is 54.7 Å². The van der Waals surface area contributed by atoms with Gasteiger partial charge in [0.2, 0.25) is 5.95 Å². The van der Waals surface area contributed by atoms with E-state index in [2.05, 4.69) is 77.0 Å². The first-order valence-corrected chi connectivity index (χ1v) is 9.73. The second-order valence-corrected chi connectivity index (χ2v) is 7.26. The van der Waals surface area contributed by atoms with Crippen molar-refractivity contribution >= 4 is 22.5 Å². The zero-order valence-electron chi connectivity index (χ0n) is 16.0. The summed E-state index contributed by atoms with van der Waals surface area (Å²) in [5.41, 5.74) is 1.26. The number of rotatable bonds is 5. The van der Waals surface area contributed by atoms with E-state index < -0.39 is 0 Å². The van der Waals surface area contributed by atoms with E-state index >= 15 is 0 Å². The Balaban J connectivity index is 1.54. The second kappa shape index (κ2) is 7.92. The molecular weight excluding hydrogens is 334 g/mol. The van der Waals surface area contributed by atoms with Crippen LogP contribution in [-0.2, 0) is 0 Å². The Bertz CT molecular complexity index is 899. The van der Waals surface area contributed by atoms with E-state index in [1.54, 1.807) is 0 Å². The van der Waals surface area contributed by atoms with Gasteiger partial charge in [-0.2, -0.15) is 4.98 Å². The lowest BCUT2D eigenvalue weighted by Gasteiger charge is -2.32. The lowest BCUT2D eigenvalue weighted by Crippen LogP contribution is -2.41. The van der Waals surface area contributed by atoms with Gasteiger partial charge in [0.05, 0.1) is 6.04 Å². The van der Waals surface area contributed by atoms with Crippen LogP contribution in [0.2, 0.25) is 0 Å². The highest BCUT2D eigenvalue weighted by molar-refractivity contribution is 5.86. The Hall–Kier alpha value is -2.66. The summed E-state index contributed by atoms with van der Waals surface area (Å²) in [4.78, 5) is 11.5. The average Bonchev–Trinajstić information content (AvgIpc) is 2.73. The van der Waals surface area contributed by atoms with Gasteiger partial charge in [0.25, 0.3) is 0 Å². The lowest BCUT2D eigenvalue weighted by atomic mass is 10.00. The molecule has 0 spiro atoms. The number of nitrogens with one attached hydrogen (secondary N) is 2. The summed E-state index contributed by atoms with van der Waals surface area (Å²) in [6.45, 7) is 4.31. The van der Waals surface area contributed by atoms with E-state index in [-0.39, 0.29) is 6.04 Å². The normalized spacial score (nSPS) is 16.2. The third-order valence-electron chi connectivity index (χ3n) is 5.49. The molecule has 2 N–H and O–H groups in total. The highest BCUT2D eigenvalue weighted by atomic mass is 15.2. The summed E-state index contributed by atoms with van der Waals surface area (Å²) in [5, 5.41) is 9.43. The first-order valence-electron chi connectivity index (χ1n) is 9.73. The van der Waals surface area contributed by atoms with E-state index in [9.17, 15) is 0 Å². The van der Waals surface area contributed by atoms with Crippen LogP contribution in [0.5, 0.6) is 0 Å². The summed E-state index contributed by atoms with van der Waals surface area (Å²) >= 11 is 0. The molecule has 4 rings (SSSR count). The van der Waals surface area contributed by atoms with Gasteiger partial charge in [-0.25, -0.2) is 4.98 Å². The van der Waals surface area contributed by atoms with Crippen LogP contribution in [0, 0.1) is 0 Å². The van der Waals surface area contributed by atoms with Gasteiger partial charge < -0.3 is 15.5 Å². The highest BCUT2D eigenvalue weighted by Gasteiger charge is 2.19. The van der Waals surface area contributed by atoms with Gasteiger partial charge in [-0.15, -0.1) is 0 Å². The number of fused-ring (bicyclic) bond motifs is 1. The molecule has 140 valence electrons. The van der Waals surface area contributed by atoms with E-state index in [1.807, 2.05) is 12.3 Å². The molecule has 0 bridgehead atoms. The Kier molecular flexibility index (Phi) is 5.21. The topological polar surface area (TPSA) is 53.1 Å². The summed E-state index contributed by atoms with van der Waals surface area (Å²) in [6, 6.07) is 17.6. The number of benzene rings is 2. The van der Waals surface area contributed by atoms with Crippen LogP contribution in [0.25, 0.3) is 10.8 Å². The van der Waals surface area contributed by atoms with Crippen LogP contribution in [0.1, 0.15) is 31.4 Å². The van der Waals surface area contributed by atoms with Crippen molar-refractivity contribution < 1.29 is 0 Å². The average molecular weight is 361 g/mol. The van der Waals surface area contributed by atoms with Crippen molar-refractivity contribution in [3.63, 3.8) is 0 Å². The molecule has 3 aromatic rings. The van der Waals surface area contributed by atoms with Crippen molar-refractivity contribution in [2.75, 3.05) is 30.4 Å². The van der Waals surface area contributed by atoms with Gasteiger partial charge in [0.15, 0.2) is 0 Å². The molecular formula is C22H27N5. The molecule has 0 unspecified atom stereocenters. The molecule has 0 radical (unpaired) electrons. The number of piperidine rings is 1. The van der Waals surface area contributed by atoms with Crippen molar-refractivity contribution in [2.45, 2.75) is 31.8 Å². The van der Waals surface area contributed by atoms with Crippen molar-refractivity contribution in [1.82, 2.24) is 15.3 Å². The van der Waals surface area contributed by atoms with Gasteiger partial charge >= 0.3 is 0 Å². The van der Waals surface area contributed by atoms with Gasteiger partial charge in [-0.1, -0.05) is 42.5 Å². The molecule has 0 amide bonds. The first-order chi connectivity index (χ1) is 13.2. The summed E-state index contributed by atoms with van der Waals surface area (Å²) in [6.07, 6.45) is 4.14. The summed E-state index contributed by atoms with van der Waals surface area (Å²) in [7, 11) is 2.14. The Morgan fingerprint density at radius 2 is 1.85 bits per heavy atom. The van der Waals surface area contributed by atoms with Gasteiger partial charge in [0.1, 0.15) is 5.82 Å². The molecule has 27 heavy (non-hydrogen) atoms. The van der Waals surface area contributed by atoms with Crippen LogP contribution in [-0.4, -0.2) is 36.1 Å². The molecule has 1 aromatic heterocycles. The van der Waals surface area contributed by atoms with Crippen LogP contribution in [0.3, 0.4) is 0 Å². The molecule has 1 aliphatic rings. The van der Waals surface area contributed by atoms with Gasteiger partial charge in [-0.05, 0) is 55.3 Å². The smallest absolute Gasteiger partial charge is 0.225 e. The van der Waals surface area contributed by atoms with Crippen molar-refractivity contribution in [2.24, 2.45) is 0 Å². The molecule has 1 fully saturated rings. The Labute approximate surface area is 160 Å². The Morgan fingerprint density at radius 3 is 2.70 bits per heavy atom. The van der Waals surface area contributed by atoms with E-state index in [4.69, 9.17) is 4.98 Å². The van der Waals surface area contributed by atoms with Crippen LogP contribution >= 0.6 is 0 Å². The number of hydrogen-bond donors (Lipinski definition) is 2. The third kappa shape index (κ3) is 3.88. The summed E-state index contributed by atoms with van der Waals surface area (Å²) in [5.74, 6) is 1.65. The molecule has 2 aromatic carbocycles. The maximum atomic E-state index is 4.78. The molecule has 5 nitrogen and oxygen atoms in total. The third-order valence-corrected chi connectivity index (χ3v) is 5.49. The van der Waals surface area contributed by atoms with E-state index in [0.29, 0.717) is 12.0 Å². The SMILES string of the molecule is C[C@@H](Nc1nccc(N(C)C2CCNCC2)n1)c1cccc2ccccc12. The maximum Gasteiger partial charge on any atom is 0.225 e. The van der Waals surface area contributed by atoms with E-state index in [0.717, 1.165) is 31.7 Å². The largest absolute Gasteiger partial charge is 0.356 e. The van der Waals surface area contributed by atoms with E-state index in [1.165, 1.54) is 16.3 Å². The monoisotopic (exact) mass is 361 g/mol. The molecule has 1 aliphatic heterocycles. The van der Waals surface area contributed by atoms with Crippen LogP contribution in [0.4, 0.5) is 11.8 Å². The first kappa shape index (κ1) is 17.7. The van der Waals surface area contributed by atoms with Crippen molar-refractivity contribution in [3.8, 4) is 0 Å². The number of nitrogens with zero attached hydrogens (tertiary/aromatic N) is 3. The molecule has 2 heterocycles. The fourth-order valence-electron chi connectivity index (χ4n) is 3.90. The predicted octanol–water partition coefficient (Wildman–Crippen LogP) is 3.99. The van der Waals surface area contributed by atoms with Gasteiger partial charge in [-0.3, -0.25) is 0 Å². The van der Waals surface area contributed by atoms with Crippen LogP contribution < -0.4 is 15.5 Å². The number of aromatic nitrogens is 2. The fourth-order valence-corrected chi connectivity index (χ4v) is 3.90. The minimum absolute atomic E-state index is 0.121. The molecule has 5 heteroatoms. The zero-order valence-corrected chi connectivity index (χ0v) is 16.0. The highest BCUT2D eigenvalue weighted by Crippen LogP contribution is 2.26. The maximum absolute atomic E-state index is 4.78. The zero-order chi connectivity index (χ0) is 18.6. The minimum atomic E-state index is 0.121. The standard InChI is InChI=1S/C22H27N5/c1-16(19-9-5-7-17-6-3-4-8-20(17)19)25-22-24-15-12-21(26-22)27(2)18-10-13-23-14-11-18/h3-9,12,15-16,18,23H,10-11,13-14H2,1-2H3,(H,24,25,26)/t16-/m1/s1. The number of hydrogen-bond acceptors (Lipinski definition) is 5. The second-order valence-electron chi connectivity index (χ2n) is 7.26. The minimum Gasteiger partial charge on any atom is -0.356 e. The van der Waals surface area contributed by atoms with Gasteiger partial charge in [0, 0.05) is 19.3 Å². The van der Waals surface area contributed by atoms with Crippen molar-refractivity contribution in [3.05, 3.63) is 60.3 Å². The lowest BCUT2D eigenvalue weighted by molar-refractivity contribution is 0.441.